The minimum Gasteiger partial charge on any atom is -0.462 e. The van der Waals surface area contributed by atoms with E-state index in [2.05, 4.69) is 15.2 Å². The van der Waals surface area contributed by atoms with Gasteiger partial charge < -0.3 is 29.9 Å². The van der Waals surface area contributed by atoms with Gasteiger partial charge in [-0.15, -0.1) is 0 Å². The summed E-state index contributed by atoms with van der Waals surface area (Å²) in [5.41, 5.74) is 7.99. The molecular weight excluding hydrogens is 545 g/mol. The second-order valence-corrected chi connectivity index (χ2v) is 11.2. The van der Waals surface area contributed by atoms with Crippen molar-refractivity contribution in [2.24, 2.45) is 5.73 Å². The summed E-state index contributed by atoms with van der Waals surface area (Å²) in [4.78, 5) is 16.3. The predicted molar refractivity (Wildman–Crippen MR) is 139 cm³/mol. The molecule has 15 nitrogen and oxygen atoms in total. The first-order valence-corrected chi connectivity index (χ1v) is 13.7. The highest BCUT2D eigenvalue weighted by molar-refractivity contribution is 7.52. The number of nitrogen functional groups attached to an aromatic ring is 1. The molecule has 40 heavy (non-hydrogen) atoms. The number of rotatable bonds is 10. The molecule has 1 aromatic carbocycles. The maximum atomic E-state index is 13.8. The Balaban J connectivity index is 1.62. The molecule has 0 aliphatic carbocycles. The fourth-order valence-electron chi connectivity index (χ4n) is 4.13. The molecule has 3 aromatic rings. The Hall–Kier alpha value is -3.61. The number of nitrogens with one attached hydrogen (secondary N) is 1. The molecule has 1 saturated heterocycles. The van der Waals surface area contributed by atoms with E-state index in [9.17, 15) is 24.8 Å². The lowest BCUT2D eigenvalue weighted by atomic mass is 9.91. The highest BCUT2D eigenvalue weighted by Crippen LogP contribution is 2.49. The summed E-state index contributed by atoms with van der Waals surface area (Å²) in [5, 5.41) is 38.6. The fourth-order valence-corrected chi connectivity index (χ4v) is 5.66. The van der Waals surface area contributed by atoms with E-state index in [1.807, 2.05) is 6.07 Å². The topological polar surface area (TPSA) is 230 Å². The van der Waals surface area contributed by atoms with Crippen LogP contribution in [0.5, 0.6) is 5.75 Å². The second-order valence-electron chi connectivity index (χ2n) is 9.47. The summed E-state index contributed by atoms with van der Waals surface area (Å²) in [5.74, 6) is -0.500. The molecule has 3 heterocycles. The molecule has 16 heteroatoms. The molecule has 7 N–H and O–H groups in total. The van der Waals surface area contributed by atoms with E-state index in [1.54, 1.807) is 32.0 Å². The first-order valence-electron chi connectivity index (χ1n) is 12.2. The Labute approximate surface area is 229 Å². The number of esters is 1. The van der Waals surface area contributed by atoms with Crippen LogP contribution in [0, 0.1) is 11.3 Å². The van der Waals surface area contributed by atoms with Gasteiger partial charge in [0.15, 0.2) is 11.5 Å². The first-order chi connectivity index (χ1) is 18.8. The monoisotopic (exact) mass is 575 g/mol. The lowest BCUT2D eigenvalue weighted by molar-refractivity contribution is -0.149. The minimum absolute atomic E-state index is 0.00451. The van der Waals surface area contributed by atoms with Crippen molar-refractivity contribution >= 4 is 25.1 Å². The van der Waals surface area contributed by atoms with Crippen molar-refractivity contribution in [1.82, 2.24) is 19.7 Å². The molecule has 1 fully saturated rings. The van der Waals surface area contributed by atoms with Crippen molar-refractivity contribution in [2.75, 3.05) is 12.3 Å². The van der Waals surface area contributed by atoms with E-state index in [1.165, 1.54) is 35.7 Å². The van der Waals surface area contributed by atoms with Crippen molar-refractivity contribution in [3.63, 3.8) is 0 Å². The fraction of sp³-hybridized carbons (Fsp3) is 0.417. The Morgan fingerprint density at radius 2 is 1.95 bits per heavy atom. The van der Waals surface area contributed by atoms with Crippen LogP contribution in [-0.4, -0.2) is 67.5 Å². The number of carbonyl (C=O) groups is 1. The van der Waals surface area contributed by atoms with Crippen LogP contribution in [0.1, 0.15) is 26.5 Å². The number of anilines is 1. The molecule has 2 aromatic heterocycles. The van der Waals surface area contributed by atoms with Crippen molar-refractivity contribution in [3.05, 3.63) is 54.5 Å². The van der Waals surface area contributed by atoms with E-state index in [0.717, 1.165) is 6.33 Å². The number of fused-ring (bicyclic) bond motifs is 1. The van der Waals surface area contributed by atoms with Gasteiger partial charge in [0.25, 0.3) is 0 Å². The van der Waals surface area contributed by atoms with Gasteiger partial charge in [0.1, 0.15) is 48.5 Å². The molecule has 1 aliphatic rings. The number of carbonyl (C=O) groups excluding carboxylic acids is 1. The van der Waals surface area contributed by atoms with E-state index in [0.29, 0.717) is 5.52 Å². The summed E-state index contributed by atoms with van der Waals surface area (Å²) in [6.45, 7) is 3.85. The van der Waals surface area contributed by atoms with Gasteiger partial charge in [0.05, 0.1) is 11.8 Å². The molecule has 1 unspecified atom stereocenters. The summed E-state index contributed by atoms with van der Waals surface area (Å²) in [7, 11) is -4.42. The number of para-hydroxylation sites is 1. The van der Waals surface area contributed by atoms with Crippen LogP contribution >= 0.6 is 7.75 Å². The van der Waals surface area contributed by atoms with Crippen LogP contribution in [-0.2, 0) is 29.0 Å². The maximum absolute atomic E-state index is 13.8. The van der Waals surface area contributed by atoms with Gasteiger partial charge in [-0.25, -0.2) is 14.1 Å². The number of nitrogens with zero attached hydrogens (tertiary/aromatic N) is 4. The van der Waals surface area contributed by atoms with Crippen molar-refractivity contribution < 1.29 is 38.1 Å². The summed E-state index contributed by atoms with van der Waals surface area (Å²) < 4.78 is 37.2. The van der Waals surface area contributed by atoms with Crippen LogP contribution in [0.25, 0.3) is 5.52 Å². The molecule has 0 saturated carbocycles. The quantitative estimate of drug-likeness (QED) is 0.164. The third-order valence-corrected chi connectivity index (χ3v) is 7.71. The molecule has 0 bridgehead atoms. The van der Waals surface area contributed by atoms with Gasteiger partial charge in [-0.05, 0) is 45.0 Å². The van der Waals surface area contributed by atoms with E-state index < -0.39 is 56.0 Å². The number of benzene rings is 1. The number of hydrogen-bond acceptors (Lipinski definition) is 13. The van der Waals surface area contributed by atoms with Gasteiger partial charge in [-0.1, -0.05) is 18.2 Å². The highest BCUT2D eigenvalue weighted by atomic mass is 31.2. The van der Waals surface area contributed by atoms with Crippen molar-refractivity contribution in [1.29, 1.82) is 5.26 Å². The number of nitriles is 1. The van der Waals surface area contributed by atoms with Gasteiger partial charge in [0, 0.05) is 0 Å². The lowest BCUT2D eigenvalue weighted by Gasteiger charge is -2.30. The lowest BCUT2D eigenvalue weighted by Crippen LogP contribution is -2.54. The first kappa shape index (κ1) is 29.4. The van der Waals surface area contributed by atoms with Crippen LogP contribution in [0.2, 0.25) is 0 Å². The van der Waals surface area contributed by atoms with E-state index >= 15 is 0 Å². The van der Waals surface area contributed by atoms with Crippen LogP contribution in [0.15, 0.2) is 48.8 Å². The number of aliphatic hydroxyl groups is 2. The summed E-state index contributed by atoms with van der Waals surface area (Å²) in [6.07, 6.45) is -3.11. The average Bonchev–Trinajstić information content (AvgIpc) is 3.43. The Bertz CT molecular complexity index is 1460. The minimum atomic E-state index is -4.42. The van der Waals surface area contributed by atoms with Crippen LogP contribution < -0.4 is 21.1 Å². The number of aromatic nitrogens is 3. The largest absolute Gasteiger partial charge is 0.462 e. The summed E-state index contributed by atoms with van der Waals surface area (Å²) in [6, 6.07) is 11.6. The zero-order valence-electron chi connectivity index (χ0n) is 21.9. The molecule has 0 radical (unpaired) electrons. The Morgan fingerprint density at radius 3 is 2.60 bits per heavy atom. The van der Waals surface area contributed by atoms with Gasteiger partial charge >= 0.3 is 13.7 Å². The van der Waals surface area contributed by atoms with E-state index in [4.69, 9.17) is 30.0 Å². The van der Waals surface area contributed by atoms with Crippen molar-refractivity contribution in [3.8, 4) is 11.8 Å². The molecule has 0 spiro atoms. The normalized spacial score (nSPS) is 26.8. The smallest absolute Gasteiger partial charge is 0.459 e. The summed E-state index contributed by atoms with van der Waals surface area (Å²) >= 11 is 0. The zero-order valence-corrected chi connectivity index (χ0v) is 22.8. The molecule has 6 atom stereocenters. The van der Waals surface area contributed by atoms with Crippen LogP contribution in [0.4, 0.5) is 5.82 Å². The zero-order chi connectivity index (χ0) is 29.3. The van der Waals surface area contributed by atoms with Crippen molar-refractivity contribution in [2.45, 2.75) is 56.5 Å². The average molecular weight is 576 g/mol. The van der Waals surface area contributed by atoms with Gasteiger partial charge in [-0.3, -0.25) is 15.1 Å². The molecule has 214 valence electrons. The standard InChI is InChI=1S/C24H30N7O8P/c1-14(2)37-22(34)15(3)30-40(35,38-16-7-5-4-6-8-16)36-12-24(27)20(33)19(32)23(11-25,39-24)18-10-9-17-21(26)28-13-29-31(17)18/h4-10,13-15,19-20,32-33H,12,27H2,1-3H3,(H,30,35)(H2,26,28,29)/t15-,19-,20+,23+,24-,40?/m1/s1. The molecule has 1 aliphatic heterocycles. The van der Waals surface area contributed by atoms with Gasteiger partial charge in [0.2, 0.25) is 5.60 Å². The van der Waals surface area contributed by atoms with Gasteiger partial charge in [-0.2, -0.15) is 15.4 Å². The number of hydrogen-bond donors (Lipinski definition) is 5. The second kappa shape index (κ2) is 11.1. The predicted octanol–water partition coefficient (Wildman–Crippen LogP) is 0.571. The molecule has 4 rings (SSSR count). The maximum Gasteiger partial charge on any atom is 0.459 e. The Kier molecular flexibility index (Phi) is 8.16. The third-order valence-electron chi connectivity index (χ3n) is 6.08. The highest BCUT2D eigenvalue weighted by Gasteiger charge is 2.64. The number of ether oxygens (including phenoxy) is 2. The Morgan fingerprint density at radius 1 is 1.25 bits per heavy atom. The van der Waals surface area contributed by atoms with E-state index in [-0.39, 0.29) is 17.3 Å². The third kappa shape index (κ3) is 5.51. The number of nitrogens with two attached hydrogens (primary N) is 2. The SMILES string of the molecule is CC(C)OC(=O)[C@@H](C)NP(=O)(OC[C@@]1(N)O[C@@](C#N)(c2ccc3c(N)ncnn23)[C@H](O)[C@@H]1O)Oc1ccccc1. The van der Waals surface area contributed by atoms with Crippen LogP contribution in [0.3, 0.4) is 0 Å². The molecule has 0 amide bonds. The number of aliphatic hydroxyl groups excluding tert-OH is 2. The molecular formula is C24H30N7O8P.